The smallest absolute Gasteiger partial charge is 0.202 e. The van der Waals surface area contributed by atoms with Crippen molar-refractivity contribution < 1.29 is 54.1 Å². The Labute approximate surface area is 222 Å². The average molecular weight is 544 g/mol. The first-order valence-corrected chi connectivity index (χ1v) is 12.4. The summed E-state index contributed by atoms with van der Waals surface area (Å²) in [4.78, 5) is 39.7. The summed E-state index contributed by atoms with van der Waals surface area (Å²) in [6, 6.07) is 3.44. The number of fused-ring (bicyclic) bond motifs is 3. The van der Waals surface area contributed by atoms with Crippen LogP contribution in [0.3, 0.4) is 0 Å². The lowest BCUT2D eigenvalue weighted by Gasteiger charge is -2.42. The number of carbonyl (C=O) groups is 3. The predicted octanol–water partition coefficient (Wildman–Crippen LogP) is 0.349. The van der Waals surface area contributed by atoms with Gasteiger partial charge in [-0.2, -0.15) is 0 Å². The topological polar surface area (TPSA) is 206 Å². The summed E-state index contributed by atoms with van der Waals surface area (Å²) in [5, 5.41) is 53.4. The van der Waals surface area contributed by atoms with Crippen molar-refractivity contribution in [3.05, 3.63) is 51.6 Å². The number of benzene rings is 2. The molecule has 0 bridgehead atoms. The van der Waals surface area contributed by atoms with Gasteiger partial charge in [0.15, 0.2) is 24.6 Å². The molecule has 12 nitrogen and oxygen atoms in total. The molecule has 4 unspecified atom stereocenters. The molecule has 0 saturated carbocycles. The molecule has 6 atom stereocenters. The molecule has 5 rings (SSSR count). The number of ketones is 3. The lowest BCUT2D eigenvalue weighted by atomic mass is 9.72. The Kier molecular flexibility index (Phi) is 6.74. The molecule has 39 heavy (non-hydrogen) atoms. The van der Waals surface area contributed by atoms with Crippen LogP contribution >= 0.6 is 0 Å². The average Bonchev–Trinajstić information content (AvgIpc) is 2.87. The van der Waals surface area contributed by atoms with E-state index in [1.165, 1.54) is 18.2 Å². The number of hydrogen-bond acceptors (Lipinski definition) is 12. The monoisotopic (exact) mass is 543 g/mol. The van der Waals surface area contributed by atoms with Gasteiger partial charge < -0.3 is 45.5 Å². The zero-order chi connectivity index (χ0) is 28.4. The second kappa shape index (κ2) is 9.66. The number of Topliss-reactive ketones (excluding diaryl/α,β-unsaturated/α-hetero) is 1. The normalized spacial score (nSPS) is 29.8. The van der Waals surface area contributed by atoms with E-state index in [4.69, 9.17) is 19.9 Å². The minimum atomic E-state index is -2.03. The van der Waals surface area contributed by atoms with Crippen LogP contribution in [0.25, 0.3) is 0 Å². The van der Waals surface area contributed by atoms with Gasteiger partial charge in [0.25, 0.3) is 0 Å². The third-order valence-corrected chi connectivity index (χ3v) is 7.80. The summed E-state index contributed by atoms with van der Waals surface area (Å²) in [7, 11) is 0. The number of rotatable bonds is 5. The van der Waals surface area contributed by atoms with Gasteiger partial charge in [0.1, 0.15) is 22.8 Å². The van der Waals surface area contributed by atoms with E-state index in [0.717, 1.165) is 6.92 Å². The number of carbonyl (C=O) groups excluding carboxylic acids is 3. The highest BCUT2D eigenvalue weighted by atomic mass is 16.7. The van der Waals surface area contributed by atoms with Crippen molar-refractivity contribution in [3.8, 4) is 17.2 Å². The lowest BCUT2D eigenvalue weighted by molar-refractivity contribution is -0.247. The molecule has 1 heterocycles. The SMILES string of the molecule is CC(=O)[C@]1(O)Cc2c(O)c3c(c(O)c2[C@@H](OC2CC(N)C(O)C(C)O2)C1)C(=O)c1c(OCO)cccc1C3=O. The molecular weight excluding hydrogens is 514 g/mol. The lowest BCUT2D eigenvalue weighted by Crippen LogP contribution is -2.52. The van der Waals surface area contributed by atoms with E-state index in [-0.39, 0.29) is 40.8 Å². The number of nitrogens with two attached hydrogens (primary N) is 1. The largest absolute Gasteiger partial charge is 0.507 e. The number of aliphatic hydroxyl groups excluding tert-OH is 2. The van der Waals surface area contributed by atoms with Crippen molar-refractivity contribution in [2.75, 3.05) is 6.79 Å². The van der Waals surface area contributed by atoms with Crippen LogP contribution in [0.15, 0.2) is 18.2 Å². The zero-order valence-corrected chi connectivity index (χ0v) is 21.2. The van der Waals surface area contributed by atoms with Crippen LogP contribution in [0.5, 0.6) is 17.2 Å². The van der Waals surface area contributed by atoms with Crippen LogP contribution in [-0.4, -0.2) is 79.8 Å². The highest BCUT2D eigenvalue weighted by Gasteiger charge is 2.49. The fourth-order valence-corrected chi connectivity index (χ4v) is 5.68. The molecule has 1 fully saturated rings. The summed E-state index contributed by atoms with van der Waals surface area (Å²) in [5.74, 6) is -3.69. The second-order valence-electron chi connectivity index (χ2n) is 10.2. The maximum Gasteiger partial charge on any atom is 0.202 e. The van der Waals surface area contributed by atoms with Gasteiger partial charge in [-0.25, -0.2) is 0 Å². The van der Waals surface area contributed by atoms with Gasteiger partial charge in [0.2, 0.25) is 5.78 Å². The van der Waals surface area contributed by atoms with E-state index < -0.39 is 89.4 Å². The molecule has 7 N–H and O–H groups in total. The van der Waals surface area contributed by atoms with Crippen molar-refractivity contribution in [1.82, 2.24) is 0 Å². The third kappa shape index (κ3) is 4.20. The van der Waals surface area contributed by atoms with E-state index in [1.54, 1.807) is 6.92 Å². The van der Waals surface area contributed by atoms with E-state index in [9.17, 15) is 39.9 Å². The Balaban J connectivity index is 1.68. The molecule has 208 valence electrons. The maximum atomic E-state index is 13.7. The summed E-state index contributed by atoms with van der Waals surface area (Å²) < 4.78 is 16.9. The van der Waals surface area contributed by atoms with E-state index in [2.05, 4.69) is 0 Å². The number of hydrogen-bond donors (Lipinski definition) is 6. The molecule has 0 radical (unpaired) electrons. The Morgan fingerprint density at radius 3 is 2.49 bits per heavy atom. The summed E-state index contributed by atoms with van der Waals surface area (Å²) in [6.45, 7) is 1.98. The number of phenols is 2. The Bertz CT molecular complexity index is 1380. The summed E-state index contributed by atoms with van der Waals surface area (Å²) >= 11 is 0. The van der Waals surface area contributed by atoms with E-state index >= 15 is 0 Å². The quantitative estimate of drug-likeness (QED) is 0.190. The van der Waals surface area contributed by atoms with Crippen molar-refractivity contribution >= 4 is 17.3 Å². The molecule has 2 aliphatic carbocycles. The van der Waals surface area contributed by atoms with Gasteiger partial charge in [-0.3, -0.25) is 14.4 Å². The molecule has 1 saturated heterocycles. The Hall–Kier alpha value is -3.39. The number of aromatic hydroxyl groups is 2. The molecule has 1 aliphatic heterocycles. The molecule has 0 spiro atoms. The molecule has 2 aromatic carbocycles. The van der Waals surface area contributed by atoms with Gasteiger partial charge >= 0.3 is 0 Å². The van der Waals surface area contributed by atoms with Crippen molar-refractivity contribution in [2.24, 2.45) is 5.73 Å². The van der Waals surface area contributed by atoms with Crippen LogP contribution in [0, 0.1) is 0 Å². The van der Waals surface area contributed by atoms with E-state index in [0.29, 0.717) is 0 Å². The molecule has 2 aromatic rings. The van der Waals surface area contributed by atoms with Crippen LogP contribution in [0.2, 0.25) is 0 Å². The summed E-state index contributed by atoms with van der Waals surface area (Å²) in [6.07, 6.45) is -4.73. The van der Waals surface area contributed by atoms with Gasteiger partial charge in [-0.05, 0) is 19.9 Å². The highest BCUT2D eigenvalue weighted by Crippen LogP contribution is 2.52. The van der Waals surface area contributed by atoms with Gasteiger partial charge in [-0.1, -0.05) is 12.1 Å². The maximum absolute atomic E-state index is 13.7. The third-order valence-electron chi connectivity index (χ3n) is 7.80. The molecule has 0 amide bonds. The molecular formula is C27H29NO11. The zero-order valence-electron chi connectivity index (χ0n) is 21.2. The summed E-state index contributed by atoms with van der Waals surface area (Å²) in [5.41, 5.74) is 2.48. The highest BCUT2D eigenvalue weighted by molar-refractivity contribution is 6.31. The number of aliphatic hydroxyl groups is 3. The molecule has 3 aliphatic rings. The second-order valence-corrected chi connectivity index (χ2v) is 10.2. The number of phenolic OH excluding ortho intramolecular Hbond substituents is 2. The first-order valence-electron chi connectivity index (χ1n) is 12.4. The van der Waals surface area contributed by atoms with Gasteiger partial charge in [0, 0.05) is 42.0 Å². The van der Waals surface area contributed by atoms with Crippen LogP contribution < -0.4 is 10.5 Å². The minimum absolute atomic E-state index is 0.0418. The number of ether oxygens (including phenoxy) is 3. The van der Waals surface area contributed by atoms with Crippen LogP contribution in [-0.2, 0) is 20.7 Å². The van der Waals surface area contributed by atoms with E-state index in [1.807, 2.05) is 0 Å². The van der Waals surface area contributed by atoms with Gasteiger partial charge in [0.05, 0.1) is 35.0 Å². The fraction of sp³-hybridized carbons (Fsp3) is 0.444. The first kappa shape index (κ1) is 27.2. The van der Waals surface area contributed by atoms with Crippen molar-refractivity contribution in [3.63, 3.8) is 0 Å². The predicted molar refractivity (Wildman–Crippen MR) is 132 cm³/mol. The first-order chi connectivity index (χ1) is 18.4. The van der Waals surface area contributed by atoms with Crippen molar-refractivity contribution in [2.45, 2.75) is 69.4 Å². The van der Waals surface area contributed by atoms with Gasteiger partial charge in [-0.15, -0.1) is 0 Å². The molecule has 0 aromatic heterocycles. The Morgan fingerprint density at radius 2 is 1.85 bits per heavy atom. The standard InChI is InChI=1S/C27H29NO11/c1-10-22(31)14(28)6-17(38-10)39-16-8-27(36,11(2)30)7-13-19(16)26(35)21-20(24(13)33)23(32)12-4-3-5-15(37-9-29)18(12)25(21)34/h3-5,10,14,16-17,22,29,31,33,35-36H,6-9,28H2,1-2H3/t10?,14?,16-,17?,22?,27-/m0/s1. The minimum Gasteiger partial charge on any atom is -0.507 e. The fourth-order valence-electron chi connectivity index (χ4n) is 5.68. The Morgan fingerprint density at radius 1 is 1.15 bits per heavy atom. The van der Waals surface area contributed by atoms with Crippen LogP contribution in [0.1, 0.15) is 75.8 Å². The van der Waals surface area contributed by atoms with Crippen molar-refractivity contribution in [1.29, 1.82) is 0 Å². The molecule has 12 heteroatoms. The van der Waals surface area contributed by atoms with Crippen LogP contribution in [0.4, 0.5) is 0 Å².